The molecule has 0 fully saturated rings. The standard InChI is InChI=1S/C11H18N4O3S2/c1-20(17,18)15-7-6-13-11(16)14-8-9-19-10-4-2-3-5-12-10/h2-5,15H,6-9H2,1H3,(H2,13,14,16). The van der Waals surface area contributed by atoms with Crippen LogP contribution < -0.4 is 15.4 Å². The van der Waals surface area contributed by atoms with E-state index < -0.39 is 10.0 Å². The second kappa shape index (κ2) is 8.77. The summed E-state index contributed by atoms with van der Waals surface area (Å²) in [7, 11) is -3.21. The maximum Gasteiger partial charge on any atom is 0.314 e. The highest BCUT2D eigenvalue weighted by Crippen LogP contribution is 2.12. The fourth-order valence-corrected chi connectivity index (χ4v) is 2.42. The fourth-order valence-electron chi connectivity index (χ4n) is 1.23. The van der Waals surface area contributed by atoms with Gasteiger partial charge in [0, 0.05) is 31.6 Å². The van der Waals surface area contributed by atoms with E-state index in [1.807, 2.05) is 18.2 Å². The van der Waals surface area contributed by atoms with Crippen molar-refractivity contribution >= 4 is 27.8 Å². The van der Waals surface area contributed by atoms with Gasteiger partial charge in [0.15, 0.2) is 0 Å². The predicted octanol–water partition coefficient (Wildman–Crippen LogP) is 0.0221. The Bertz CT molecular complexity index is 508. The number of rotatable bonds is 8. The van der Waals surface area contributed by atoms with Crippen molar-refractivity contribution in [3.63, 3.8) is 0 Å². The van der Waals surface area contributed by atoms with Crippen LogP contribution in [0.1, 0.15) is 0 Å². The summed E-state index contributed by atoms with van der Waals surface area (Å²) < 4.78 is 23.8. The monoisotopic (exact) mass is 318 g/mol. The molecule has 0 unspecified atom stereocenters. The van der Waals surface area contributed by atoms with Crippen LogP contribution in [0.2, 0.25) is 0 Å². The summed E-state index contributed by atoms with van der Waals surface area (Å²) in [6, 6.07) is 5.34. The van der Waals surface area contributed by atoms with Crippen molar-refractivity contribution in [1.82, 2.24) is 20.3 Å². The van der Waals surface area contributed by atoms with Gasteiger partial charge in [-0.2, -0.15) is 0 Å². The Labute approximate surface area is 123 Å². The molecule has 112 valence electrons. The lowest BCUT2D eigenvalue weighted by molar-refractivity contribution is 0.241. The molecule has 0 saturated heterocycles. The Morgan fingerprint density at radius 1 is 1.25 bits per heavy atom. The van der Waals surface area contributed by atoms with Crippen LogP contribution in [0.15, 0.2) is 29.4 Å². The molecule has 1 aromatic rings. The first-order valence-corrected chi connectivity index (χ1v) is 8.85. The molecular weight excluding hydrogens is 300 g/mol. The highest BCUT2D eigenvalue weighted by atomic mass is 32.2. The summed E-state index contributed by atoms with van der Waals surface area (Å²) in [5.41, 5.74) is 0. The maximum absolute atomic E-state index is 11.4. The first-order chi connectivity index (χ1) is 9.47. The molecule has 0 aliphatic carbocycles. The average molecular weight is 318 g/mol. The molecule has 3 N–H and O–H groups in total. The SMILES string of the molecule is CS(=O)(=O)NCCNC(=O)NCCSc1ccccn1. The van der Waals surface area contributed by atoms with Crippen molar-refractivity contribution in [3.05, 3.63) is 24.4 Å². The van der Waals surface area contributed by atoms with Crippen LogP contribution in [0, 0.1) is 0 Å². The molecule has 20 heavy (non-hydrogen) atoms. The molecule has 0 bridgehead atoms. The summed E-state index contributed by atoms with van der Waals surface area (Å²) in [5.74, 6) is 0.714. The molecule has 0 atom stereocenters. The molecule has 0 aromatic carbocycles. The molecule has 0 aliphatic heterocycles. The van der Waals surface area contributed by atoms with Gasteiger partial charge < -0.3 is 10.6 Å². The number of carbonyl (C=O) groups excluding carboxylic acids is 1. The van der Waals surface area contributed by atoms with E-state index in [2.05, 4.69) is 20.3 Å². The molecule has 2 amide bonds. The second-order valence-electron chi connectivity index (χ2n) is 3.87. The highest BCUT2D eigenvalue weighted by Gasteiger charge is 2.02. The minimum Gasteiger partial charge on any atom is -0.337 e. The fraction of sp³-hybridized carbons (Fsp3) is 0.455. The summed E-state index contributed by atoms with van der Waals surface area (Å²) in [4.78, 5) is 15.5. The van der Waals surface area contributed by atoms with Crippen molar-refractivity contribution in [3.8, 4) is 0 Å². The van der Waals surface area contributed by atoms with Gasteiger partial charge in [0.05, 0.1) is 11.3 Å². The van der Waals surface area contributed by atoms with Crippen LogP contribution in [0.5, 0.6) is 0 Å². The van der Waals surface area contributed by atoms with Crippen molar-refractivity contribution in [2.24, 2.45) is 0 Å². The molecule has 9 heteroatoms. The van der Waals surface area contributed by atoms with E-state index in [4.69, 9.17) is 0 Å². The average Bonchev–Trinajstić information content (AvgIpc) is 2.40. The lowest BCUT2D eigenvalue weighted by atomic mass is 10.5. The molecule has 1 rings (SSSR count). The van der Waals surface area contributed by atoms with Gasteiger partial charge in [0.2, 0.25) is 10.0 Å². The van der Waals surface area contributed by atoms with Gasteiger partial charge in [-0.3, -0.25) is 0 Å². The largest absolute Gasteiger partial charge is 0.337 e. The molecule has 1 aromatic heterocycles. The Morgan fingerprint density at radius 3 is 2.65 bits per heavy atom. The number of hydrogen-bond donors (Lipinski definition) is 3. The Balaban J connectivity index is 2.03. The van der Waals surface area contributed by atoms with E-state index in [9.17, 15) is 13.2 Å². The van der Waals surface area contributed by atoms with Crippen molar-refractivity contribution < 1.29 is 13.2 Å². The van der Waals surface area contributed by atoms with Gasteiger partial charge in [0.25, 0.3) is 0 Å². The Kier molecular flexibility index (Phi) is 7.34. The van der Waals surface area contributed by atoms with Gasteiger partial charge in [-0.25, -0.2) is 22.9 Å². The van der Waals surface area contributed by atoms with Crippen LogP contribution in [0.4, 0.5) is 4.79 Å². The molecule has 0 aliphatic rings. The number of sulfonamides is 1. The van der Waals surface area contributed by atoms with Crippen molar-refractivity contribution in [2.45, 2.75) is 5.03 Å². The van der Waals surface area contributed by atoms with Crippen LogP contribution in [0.3, 0.4) is 0 Å². The summed E-state index contributed by atoms with van der Waals surface area (Å²) in [5, 5.41) is 6.14. The number of amides is 2. The number of aromatic nitrogens is 1. The van der Waals surface area contributed by atoms with E-state index in [1.54, 1.807) is 18.0 Å². The first-order valence-electron chi connectivity index (χ1n) is 5.97. The third-order valence-electron chi connectivity index (χ3n) is 2.05. The summed E-state index contributed by atoms with van der Waals surface area (Å²) >= 11 is 1.55. The van der Waals surface area contributed by atoms with Crippen molar-refractivity contribution in [2.75, 3.05) is 31.6 Å². The zero-order valence-corrected chi connectivity index (χ0v) is 12.8. The molecule has 0 spiro atoms. The molecule has 1 heterocycles. The highest BCUT2D eigenvalue weighted by molar-refractivity contribution is 7.99. The normalized spacial score (nSPS) is 11.1. The Morgan fingerprint density at radius 2 is 2.00 bits per heavy atom. The number of nitrogens with zero attached hydrogens (tertiary/aromatic N) is 1. The number of urea groups is 1. The number of carbonyl (C=O) groups is 1. The molecule has 0 saturated carbocycles. The van der Waals surface area contributed by atoms with Gasteiger partial charge in [0.1, 0.15) is 0 Å². The summed E-state index contributed by atoms with van der Waals surface area (Å²) in [6.45, 7) is 0.924. The zero-order chi connectivity index (χ0) is 14.8. The molecular formula is C11H18N4O3S2. The summed E-state index contributed by atoms with van der Waals surface area (Å²) in [6.07, 6.45) is 2.79. The first kappa shape index (κ1) is 16.7. The van der Waals surface area contributed by atoms with Crippen molar-refractivity contribution in [1.29, 1.82) is 0 Å². The second-order valence-corrected chi connectivity index (χ2v) is 6.81. The van der Waals surface area contributed by atoms with E-state index in [0.717, 1.165) is 11.3 Å². The number of thioether (sulfide) groups is 1. The lowest BCUT2D eigenvalue weighted by Gasteiger charge is -2.07. The number of hydrogen-bond acceptors (Lipinski definition) is 5. The van der Waals surface area contributed by atoms with E-state index in [1.165, 1.54) is 0 Å². The quantitative estimate of drug-likeness (QED) is 0.463. The van der Waals surface area contributed by atoms with Crippen LogP contribution >= 0.6 is 11.8 Å². The van der Waals surface area contributed by atoms with Crippen LogP contribution in [0.25, 0.3) is 0 Å². The van der Waals surface area contributed by atoms with E-state index in [0.29, 0.717) is 12.3 Å². The predicted molar refractivity (Wildman–Crippen MR) is 79.2 cm³/mol. The minimum atomic E-state index is -3.21. The molecule has 0 radical (unpaired) electrons. The van der Waals surface area contributed by atoms with Crippen LogP contribution in [-0.4, -0.2) is 51.1 Å². The molecule has 7 nitrogen and oxygen atoms in total. The van der Waals surface area contributed by atoms with Crippen LogP contribution in [-0.2, 0) is 10.0 Å². The third-order valence-corrected chi connectivity index (χ3v) is 3.72. The minimum absolute atomic E-state index is 0.176. The zero-order valence-electron chi connectivity index (χ0n) is 11.1. The van der Waals surface area contributed by atoms with Gasteiger partial charge in [-0.05, 0) is 12.1 Å². The maximum atomic E-state index is 11.4. The number of nitrogens with one attached hydrogen (secondary N) is 3. The smallest absolute Gasteiger partial charge is 0.314 e. The van der Waals surface area contributed by atoms with E-state index >= 15 is 0 Å². The lowest BCUT2D eigenvalue weighted by Crippen LogP contribution is -2.40. The van der Waals surface area contributed by atoms with E-state index in [-0.39, 0.29) is 19.1 Å². The third kappa shape index (κ3) is 8.73. The Hall–Kier alpha value is -1.32. The van der Waals surface area contributed by atoms with Gasteiger partial charge >= 0.3 is 6.03 Å². The topological polar surface area (TPSA) is 100 Å². The van der Waals surface area contributed by atoms with Gasteiger partial charge in [-0.1, -0.05) is 6.07 Å². The van der Waals surface area contributed by atoms with Gasteiger partial charge in [-0.15, -0.1) is 11.8 Å². The number of pyridine rings is 1.